The molecule has 1 aromatic heterocycles. The van der Waals surface area contributed by atoms with Gasteiger partial charge in [-0.15, -0.1) is 5.10 Å². The minimum Gasteiger partial charge on any atom is -0.339 e. The number of carbonyl (C=O) groups is 2. The van der Waals surface area contributed by atoms with Crippen molar-refractivity contribution in [1.29, 1.82) is 0 Å². The topological polar surface area (TPSA) is 96.2 Å². The second kappa shape index (κ2) is 10.8. The van der Waals surface area contributed by atoms with Gasteiger partial charge in [-0.25, -0.2) is 0 Å². The number of hydrogen-bond acceptors (Lipinski definition) is 7. The van der Waals surface area contributed by atoms with Gasteiger partial charge in [0.25, 0.3) is 0 Å². The Hall–Kier alpha value is -3.24. The Balaban J connectivity index is 1.25. The zero-order chi connectivity index (χ0) is 24.1. The molecule has 1 saturated heterocycles. The number of hydrogen-bond donors (Lipinski definition) is 1. The number of rotatable bonds is 7. The van der Waals surface area contributed by atoms with Crippen LogP contribution in [0.2, 0.25) is 0 Å². The van der Waals surface area contributed by atoms with Crippen LogP contribution in [0.1, 0.15) is 16.7 Å². The zero-order valence-corrected chi connectivity index (χ0v) is 20.5. The molecule has 0 atom stereocenters. The summed E-state index contributed by atoms with van der Waals surface area (Å²) in [6.07, 6.45) is 0. The largest absolute Gasteiger partial charge is 0.339 e. The van der Waals surface area contributed by atoms with E-state index < -0.39 is 0 Å². The van der Waals surface area contributed by atoms with Crippen molar-refractivity contribution in [2.75, 3.05) is 43.8 Å². The second-order valence-corrected chi connectivity index (χ2v) is 9.36. The van der Waals surface area contributed by atoms with Crippen LogP contribution in [0.3, 0.4) is 0 Å². The van der Waals surface area contributed by atoms with Crippen molar-refractivity contribution in [1.82, 2.24) is 30.0 Å². The number of tetrazole rings is 1. The maximum atomic E-state index is 12.8. The van der Waals surface area contributed by atoms with Crippen molar-refractivity contribution in [3.8, 4) is 5.69 Å². The summed E-state index contributed by atoms with van der Waals surface area (Å²) in [6.45, 7) is 8.82. The van der Waals surface area contributed by atoms with Crippen molar-refractivity contribution >= 4 is 29.3 Å². The van der Waals surface area contributed by atoms with E-state index in [0.29, 0.717) is 37.9 Å². The summed E-state index contributed by atoms with van der Waals surface area (Å²) >= 11 is 1.33. The van der Waals surface area contributed by atoms with E-state index >= 15 is 0 Å². The highest BCUT2D eigenvalue weighted by atomic mass is 32.2. The smallest absolute Gasteiger partial charge is 0.238 e. The van der Waals surface area contributed by atoms with Crippen molar-refractivity contribution < 1.29 is 9.59 Å². The minimum absolute atomic E-state index is 0.0317. The van der Waals surface area contributed by atoms with Gasteiger partial charge in [-0.3, -0.25) is 14.5 Å². The van der Waals surface area contributed by atoms with Gasteiger partial charge >= 0.3 is 0 Å². The van der Waals surface area contributed by atoms with E-state index in [4.69, 9.17) is 0 Å². The van der Waals surface area contributed by atoms with E-state index in [-0.39, 0.29) is 17.6 Å². The summed E-state index contributed by atoms with van der Waals surface area (Å²) in [7, 11) is 0. The number of para-hydroxylation sites is 2. The standard InChI is InChI=1S/C24H29N7O2S/c1-17-7-4-5-10-20(17)31-24(26-27-28-31)34-16-22(33)30-13-11-29(12-14-30)15-21(32)25-23-18(2)8-6-9-19(23)3/h4-10H,11-16H2,1-3H3,(H,25,32). The van der Waals surface area contributed by atoms with Crippen LogP contribution in [0.4, 0.5) is 5.69 Å². The number of anilines is 1. The maximum Gasteiger partial charge on any atom is 0.238 e. The quantitative estimate of drug-likeness (QED) is 0.520. The number of benzene rings is 2. The van der Waals surface area contributed by atoms with E-state index in [0.717, 1.165) is 28.1 Å². The fraction of sp³-hybridized carbons (Fsp3) is 0.375. The molecule has 34 heavy (non-hydrogen) atoms. The zero-order valence-electron chi connectivity index (χ0n) is 19.7. The highest BCUT2D eigenvalue weighted by molar-refractivity contribution is 7.99. The van der Waals surface area contributed by atoms with Crippen LogP contribution < -0.4 is 5.32 Å². The fourth-order valence-electron chi connectivity index (χ4n) is 3.99. The molecule has 0 unspecified atom stereocenters. The molecule has 4 rings (SSSR count). The monoisotopic (exact) mass is 479 g/mol. The molecule has 0 bridgehead atoms. The summed E-state index contributed by atoms with van der Waals surface area (Å²) in [5.74, 6) is 0.277. The van der Waals surface area contributed by atoms with Gasteiger partial charge in [-0.1, -0.05) is 48.2 Å². The molecule has 0 saturated carbocycles. The third kappa shape index (κ3) is 5.63. The van der Waals surface area contributed by atoms with Crippen LogP contribution in [0.5, 0.6) is 0 Å². The normalized spacial score (nSPS) is 14.3. The van der Waals surface area contributed by atoms with Crippen LogP contribution in [0.25, 0.3) is 5.69 Å². The number of nitrogens with one attached hydrogen (secondary N) is 1. The number of aromatic nitrogens is 4. The van der Waals surface area contributed by atoms with Crippen LogP contribution in [0.15, 0.2) is 47.6 Å². The lowest BCUT2D eigenvalue weighted by atomic mass is 10.1. The molecule has 1 N–H and O–H groups in total. The summed E-state index contributed by atoms with van der Waals surface area (Å²) < 4.78 is 1.67. The van der Waals surface area contributed by atoms with Gasteiger partial charge < -0.3 is 10.2 Å². The van der Waals surface area contributed by atoms with Gasteiger partial charge in [0.2, 0.25) is 17.0 Å². The SMILES string of the molecule is Cc1ccccc1-n1nnnc1SCC(=O)N1CCN(CC(=O)Nc2c(C)cccc2C)CC1. The number of aryl methyl sites for hydroxylation is 3. The first-order valence-corrected chi connectivity index (χ1v) is 12.2. The van der Waals surface area contributed by atoms with Gasteiger partial charge in [-0.05, 0) is 54.0 Å². The third-order valence-corrected chi connectivity index (χ3v) is 6.85. The van der Waals surface area contributed by atoms with Crippen LogP contribution in [-0.4, -0.2) is 80.3 Å². The fourth-order valence-corrected chi connectivity index (χ4v) is 4.77. The summed E-state index contributed by atoms with van der Waals surface area (Å²) in [6, 6.07) is 13.8. The summed E-state index contributed by atoms with van der Waals surface area (Å²) in [5.41, 5.74) is 4.94. The number of thioether (sulfide) groups is 1. The van der Waals surface area contributed by atoms with Crippen LogP contribution >= 0.6 is 11.8 Å². The van der Waals surface area contributed by atoms with Gasteiger partial charge in [-0.2, -0.15) is 4.68 Å². The Labute approximate surface area is 203 Å². The first-order valence-electron chi connectivity index (χ1n) is 11.3. The Morgan fingerprint density at radius 3 is 2.32 bits per heavy atom. The predicted octanol–water partition coefficient (Wildman–Crippen LogP) is 2.46. The lowest BCUT2D eigenvalue weighted by molar-refractivity contribution is -0.130. The molecule has 0 aliphatic carbocycles. The molecule has 178 valence electrons. The summed E-state index contributed by atoms with van der Waals surface area (Å²) in [4.78, 5) is 29.3. The van der Waals surface area contributed by atoms with Crippen LogP contribution in [-0.2, 0) is 9.59 Å². The van der Waals surface area contributed by atoms with Gasteiger partial charge in [0, 0.05) is 31.9 Å². The molecule has 1 aliphatic rings. The Morgan fingerprint density at radius 2 is 1.62 bits per heavy atom. The van der Waals surface area contributed by atoms with E-state index in [1.54, 1.807) is 4.68 Å². The Kier molecular flexibility index (Phi) is 7.59. The lowest BCUT2D eigenvalue weighted by Crippen LogP contribution is -2.51. The average molecular weight is 480 g/mol. The van der Waals surface area contributed by atoms with E-state index in [1.165, 1.54) is 11.8 Å². The van der Waals surface area contributed by atoms with E-state index in [2.05, 4.69) is 25.7 Å². The number of amides is 2. The molecule has 2 heterocycles. The van der Waals surface area contributed by atoms with E-state index in [1.807, 2.05) is 68.1 Å². The molecule has 1 fully saturated rings. The molecule has 2 aromatic carbocycles. The summed E-state index contributed by atoms with van der Waals surface area (Å²) in [5, 5.41) is 15.6. The van der Waals surface area contributed by atoms with Crippen LogP contribution in [0, 0.1) is 20.8 Å². The predicted molar refractivity (Wildman–Crippen MR) is 132 cm³/mol. The van der Waals surface area contributed by atoms with Crippen molar-refractivity contribution in [2.45, 2.75) is 25.9 Å². The molecular weight excluding hydrogens is 450 g/mol. The van der Waals surface area contributed by atoms with Crippen molar-refractivity contribution in [2.24, 2.45) is 0 Å². The molecule has 1 aliphatic heterocycles. The molecule has 0 spiro atoms. The van der Waals surface area contributed by atoms with Gasteiger partial charge in [0.15, 0.2) is 0 Å². The van der Waals surface area contributed by atoms with Crippen molar-refractivity contribution in [3.63, 3.8) is 0 Å². The molecule has 2 amide bonds. The minimum atomic E-state index is -0.0317. The lowest BCUT2D eigenvalue weighted by Gasteiger charge is -2.34. The number of piperazine rings is 1. The molecule has 3 aromatic rings. The van der Waals surface area contributed by atoms with E-state index in [9.17, 15) is 9.59 Å². The van der Waals surface area contributed by atoms with Crippen molar-refractivity contribution in [3.05, 3.63) is 59.2 Å². The third-order valence-electron chi connectivity index (χ3n) is 5.95. The first-order chi connectivity index (χ1) is 16.4. The first kappa shape index (κ1) is 23.9. The Bertz CT molecular complexity index is 1150. The average Bonchev–Trinajstić information content (AvgIpc) is 3.29. The molecule has 10 heteroatoms. The molecule has 9 nitrogen and oxygen atoms in total. The Morgan fingerprint density at radius 1 is 0.941 bits per heavy atom. The van der Waals surface area contributed by atoms with Gasteiger partial charge in [0.05, 0.1) is 18.0 Å². The number of nitrogens with zero attached hydrogens (tertiary/aromatic N) is 6. The highest BCUT2D eigenvalue weighted by Crippen LogP contribution is 2.21. The number of carbonyl (C=O) groups excluding carboxylic acids is 2. The highest BCUT2D eigenvalue weighted by Gasteiger charge is 2.23. The molecule has 0 radical (unpaired) electrons. The van der Waals surface area contributed by atoms with Gasteiger partial charge in [0.1, 0.15) is 0 Å². The second-order valence-electron chi connectivity index (χ2n) is 8.42. The maximum absolute atomic E-state index is 12.8. The molecular formula is C24H29N7O2S.